The molecule has 0 saturated carbocycles. The summed E-state index contributed by atoms with van der Waals surface area (Å²) >= 11 is 1.33. The quantitative estimate of drug-likeness (QED) is 0.651. The van der Waals surface area contributed by atoms with Gasteiger partial charge in [-0.25, -0.2) is 14.4 Å². The predicted molar refractivity (Wildman–Crippen MR) is 115 cm³/mol. The van der Waals surface area contributed by atoms with Crippen molar-refractivity contribution in [3.63, 3.8) is 0 Å². The number of halogens is 1. The molecular weight excluding hydrogens is 405 g/mol. The smallest absolute Gasteiger partial charge is 0.275 e. The number of hydrogen-bond acceptors (Lipinski definition) is 7. The van der Waals surface area contributed by atoms with E-state index in [1.165, 1.54) is 23.5 Å². The van der Waals surface area contributed by atoms with Crippen LogP contribution in [0.2, 0.25) is 0 Å². The molecule has 0 bridgehead atoms. The van der Waals surface area contributed by atoms with Crippen molar-refractivity contribution in [1.29, 1.82) is 0 Å². The number of carbonyl (C=O) groups is 1. The van der Waals surface area contributed by atoms with E-state index in [2.05, 4.69) is 32.1 Å². The monoisotopic (exact) mass is 427 g/mol. The van der Waals surface area contributed by atoms with Crippen molar-refractivity contribution in [3.8, 4) is 5.75 Å². The minimum absolute atomic E-state index is 0.213. The Morgan fingerprint density at radius 3 is 2.63 bits per heavy atom. The Hall–Kier alpha value is -3.04. The third-order valence-electron chi connectivity index (χ3n) is 4.79. The lowest BCUT2D eigenvalue weighted by atomic mass is 10.3. The minimum atomic E-state index is -0.318. The molecule has 1 aromatic carbocycles. The van der Waals surface area contributed by atoms with Crippen LogP contribution in [0.15, 0.2) is 48.0 Å². The molecule has 2 aromatic heterocycles. The zero-order chi connectivity index (χ0) is 20.9. The standard InChI is InChI=1S/C21H22FN5O2S/c1-26-8-10-27(11-9-26)19-7-4-16(12-23-19)24-21(28)18-14-30-20(25-18)13-29-17-5-2-15(22)3-6-17/h2-7,12,14H,8-11,13H2,1H3,(H,24,28). The Labute approximate surface area is 178 Å². The van der Waals surface area contributed by atoms with E-state index in [-0.39, 0.29) is 18.3 Å². The lowest BCUT2D eigenvalue weighted by Crippen LogP contribution is -2.44. The van der Waals surface area contributed by atoms with Crippen LogP contribution in [0.25, 0.3) is 0 Å². The molecule has 0 unspecified atom stereocenters. The minimum Gasteiger partial charge on any atom is -0.486 e. The fourth-order valence-corrected chi connectivity index (χ4v) is 3.72. The molecule has 1 saturated heterocycles. The van der Waals surface area contributed by atoms with E-state index < -0.39 is 0 Å². The number of thiazole rings is 1. The van der Waals surface area contributed by atoms with E-state index in [4.69, 9.17) is 4.74 Å². The van der Waals surface area contributed by atoms with Gasteiger partial charge in [0, 0.05) is 31.6 Å². The Bertz CT molecular complexity index is 985. The van der Waals surface area contributed by atoms with Gasteiger partial charge >= 0.3 is 0 Å². The van der Waals surface area contributed by atoms with Gasteiger partial charge < -0.3 is 19.9 Å². The van der Waals surface area contributed by atoms with E-state index in [9.17, 15) is 9.18 Å². The van der Waals surface area contributed by atoms with E-state index in [1.54, 1.807) is 23.7 Å². The first-order valence-corrected chi connectivity index (χ1v) is 10.5. The summed E-state index contributed by atoms with van der Waals surface area (Å²) in [4.78, 5) is 25.8. The molecule has 9 heteroatoms. The maximum absolute atomic E-state index is 12.9. The number of nitrogens with one attached hydrogen (secondary N) is 1. The zero-order valence-corrected chi connectivity index (χ0v) is 17.4. The Kier molecular flexibility index (Phi) is 6.20. The summed E-state index contributed by atoms with van der Waals surface area (Å²) in [7, 11) is 2.11. The van der Waals surface area contributed by atoms with Crippen molar-refractivity contribution < 1.29 is 13.9 Å². The van der Waals surface area contributed by atoms with Crippen molar-refractivity contribution in [2.24, 2.45) is 0 Å². The summed E-state index contributed by atoms with van der Waals surface area (Å²) in [5.74, 6) is 0.842. The number of benzene rings is 1. The van der Waals surface area contributed by atoms with Crippen LogP contribution in [0.5, 0.6) is 5.75 Å². The molecule has 0 aliphatic carbocycles. The second-order valence-corrected chi connectivity index (χ2v) is 7.96. The summed E-state index contributed by atoms with van der Waals surface area (Å²) < 4.78 is 18.5. The molecule has 1 amide bonds. The number of amides is 1. The predicted octanol–water partition coefficient (Wildman–Crippen LogP) is 3.26. The van der Waals surface area contributed by atoms with Crippen LogP contribution in [-0.4, -0.2) is 54.0 Å². The molecule has 30 heavy (non-hydrogen) atoms. The molecule has 0 radical (unpaired) electrons. The van der Waals surface area contributed by atoms with Crippen molar-refractivity contribution in [2.75, 3.05) is 43.4 Å². The van der Waals surface area contributed by atoms with Crippen molar-refractivity contribution in [2.45, 2.75) is 6.61 Å². The maximum Gasteiger partial charge on any atom is 0.275 e. The number of likely N-dealkylation sites (N-methyl/N-ethyl adjacent to an activating group) is 1. The molecule has 156 valence electrons. The van der Waals surface area contributed by atoms with Crippen LogP contribution in [0.1, 0.15) is 15.5 Å². The highest BCUT2D eigenvalue weighted by molar-refractivity contribution is 7.09. The fourth-order valence-electron chi connectivity index (χ4n) is 3.04. The first-order chi connectivity index (χ1) is 14.6. The molecule has 0 atom stereocenters. The van der Waals surface area contributed by atoms with Crippen molar-refractivity contribution in [3.05, 3.63) is 64.5 Å². The van der Waals surface area contributed by atoms with E-state index >= 15 is 0 Å². The number of hydrogen-bond donors (Lipinski definition) is 1. The van der Waals surface area contributed by atoms with Gasteiger partial charge in [-0.05, 0) is 43.4 Å². The van der Waals surface area contributed by atoms with E-state index in [1.807, 2.05) is 12.1 Å². The average Bonchev–Trinajstić information content (AvgIpc) is 3.24. The largest absolute Gasteiger partial charge is 0.486 e. The molecule has 3 heterocycles. The zero-order valence-electron chi connectivity index (χ0n) is 16.5. The number of nitrogens with zero attached hydrogens (tertiary/aromatic N) is 4. The average molecular weight is 428 g/mol. The van der Waals surface area contributed by atoms with Gasteiger partial charge in [0.2, 0.25) is 0 Å². The van der Waals surface area contributed by atoms with Gasteiger partial charge in [0.1, 0.15) is 34.7 Å². The highest BCUT2D eigenvalue weighted by Crippen LogP contribution is 2.19. The first-order valence-electron chi connectivity index (χ1n) is 9.60. The number of rotatable bonds is 6. The summed E-state index contributed by atoms with van der Waals surface area (Å²) in [6, 6.07) is 9.54. The number of carbonyl (C=O) groups excluding carboxylic acids is 1. The van der Waals surface area contributed by atoms with Crippen LogP contribution in [0, 0.1) is 5.82 Å². The molecule has 0 spiro atoms. The van der Waals surface area contributed by atoms with Gasteiger partial charge in [0.25, 0.3) is 5.91 Å². The maximum atomic E-state index is 12.9. The normalized spacial score (nSPS) is 14.5. The second-order valence-electron chi connectivity index (χ2n) is 7.02. The summed E-state index contributed by atoms with van der Waals surface area (Å²) in [6.07, 6.45) is 1.66. The Morgan fingerprint density at radius 1 is 1.17 bits per heavy atom. The van der Waals surface area contributed by atoms with Gasteiger partial charge in [-0.3, -0.25) is 4.79 Å². The Morgan fingerprint density at radius 2 is 1.93 bits per heavy atom. The number of aromatic nitrogens is 2. The molecule has 7 nitrogen and oxygen atoms in total. The van der Waals surface area contributed by atoms with Gasteiger partial charge in [-0.2, -0.15) is 0 Å². The third-order valence-corrected chi connectivity index (χ3v) is 5.62. The lowest BCUT2D eigenvalue weighted by Gasteiger charge is -2.33. The van der Waals surface area contributed by atoms with Gasteiger partial charge in [0.15, 0.2) is 0 Å². The SMILES string of the molecule is CN1CCN(c2ccc(NC(=O)c3csc(COc4ccc(F)cc4)n3)cn2)CC1. The van der Waals surface area contributed by atoms with Crippen LogP contribution in [-0.2, 0) is 6.61 Å². The first kappa shape index (κ1) is 20.2. The van der Waals surface area contributed by atoms with Crippen LogP contribution in [0.3, 0.4) is 0 Å². The molecule has 1 N–H and O–H groups in total. The summed E-state index contributed by atoms with van der Waals surface area (Å²) in [6.45, 7) is 4.12. The van der Waals surface area contributed by atoms with Gasteiger partial charge in [-0.1, -0.05) is 0 Å². The van der Waals surface area contributed by atoms with Crippen LogP contribution < -0.4 is 15.0 Å². The van der Waals surface area contributed by atoms with Crippen molar-refractivity contribution in [1.82, 2.24) is 14.9 Å². The van der Waals surface area contributed by atoms with Gasteiger partial charge in [-0.15, -0.1) is 11.3 Å². The van der Waals surface area contributed by atoms with Gasteiger partial charge in [0.05, 0.1) is 11.9 Å². The molecular formula is C21H22FN5O2S. The second kappa shape index (κ2) is 9.19. The fraction of sp³-hybridized carbons (Fsp3) is 0.286. The number of anilines is 2. The molecule has 4 rings (SSSR count). The highest BCUT2D eigenvalue weighted by atomic mass is 32.1. The molecule has 3 aromatic rings. The Balaban J connectivity index is 1.31. The number of piperazine rings is 1. The van der Waals surface area contributed by atoms with Crippen LogP contribution >= 0.6 is 11.3 Å². The van der Waals surface area contributed by atoms with E-state index in [0.717, 1.165) is 32.0 Å². The molecule has 1 aliphatic rings. The molecule has 1 fully saturated rings. The number of pyridine rings is 1. The number of ether oxygens (including phenoxy) is 1. The van der Waals surface area contributed by atoms with Crippen LogP contribution in [0.4, 0.5) is 15.9 Å². The topological polar surface area (TPSA) is 70.6 Å². The van der Waals surface area contributed by atoms with E-state index in [0.29, 0.717) is 22.1 Å². The summed E-state index contributed by atoms with van der Waals surface area (Å²) in [5.41, 5.74) is 0.941. The highest BCUT2D eigenvalue weighted by Gasteiger charge is 2.16. The lowest BCUT2D eigenvalue weighted by molar-refractivity contribution is 0.102. The third kappa shape index (κ3) is 5.11. The summed E-state index contributed by atoms with van der Waals surface area (Å²) in [5, 5.41) is 5.17. The molecule has 1 aliphatic heterocycles. The van der Waals surface area contributed by atoms with Crippen molar-refractivity contribution >= 4 is 28.7 Å².